The highest BCUT2D eigenvalue weighted by Gasteiger charge is 2.30. The predicted molar refractivity (Wildman–Crippen MR) is 49.6 cm³/mol. The third kappa shape index (κ3) is 1.62. The highest BCUT2D eigenvalue weighted by Crippen LogP contribution is 2.14. The number of carbonyl (C=O) groups excluding carboxylic acids is 2. The Balaban J connectivity index is 2.20. The summed E-state index contributed by atoms with van der Waals surface area (Å²) in [6.07, 6.45) is 1.21. The molecule has 1 saturated heterocycles. The summed E-state index contributed by atoms with van der Waals surface area (Å²) in [7, 11) is 0. The number of furan rings is 1. The molecule has 7 heteroatoms. The second-order valence-corrected chi connectivity index (χ2v) is 3.22. The van der Waals surface area contributed by atoms with Crippen molar-refractivity contribution in [1.29, 1.82) is 0 Å². The van der Waals surface area contributed by atoms with Crippen molar-refractivity contribution in [2.45, 2.75) is 6.54 Å². The van der Waals surface area contributed by atoms with Gasteiger partial charge in [0.05, 0.1) is 19.4 Å². The standard InChI is InChI=1S/C9H8N2O5/c12-6-3-10-9(15)11(6)4-5-1-2-16-7(5)8(13)14/h1-2H,3-4H2,(H,10,15)(H,13,14). The summed E-state index contributed by atoms with van der Waals surface area (Å²) in [6, 6.07) is 0.894. The summed E-state index contributed by atoms with van der Waals surface area (Å²) in [6.45, 7) is -0.151. The van der Waals surface area contributed by atoms with Crippen molar-refractivity contribution < 1.29 is 23.9 Å². The fourth-order valence-electron chi connectivity index (χ4n) is 1.43. The van der Waals surface area contributed by atoms with E-state index in [2.05, 4.69) is 5.32 Å². The Hall–Kier alpha value is -2.31. The lowest BCUT2D eigenvalue weighted by Crippen LogP contribution is -2.30. The highest BCUT2D eigenvalue weighted by atomic mass is 16.4. The molecule has 0 bridgehead atoms. The van der Waals surface area contributed by atoms with Crippen LogP contribution in [-0.4, -0.2) is 34.5 Å². The number of hydrogen-bond donors (Lipinski definition) is 2. The van der Waals surface area contributed by atoms with Crippen molar-refractivity contribution in [3.05, 3.63) is 23.7 Å². The van der Waals surface area contributed by atoms with E-state index in [0.717, 1.165) is 4.90 Å². The predicted octanol–water partition coefficient (Wildman–Crippen LogP) is 0.0296. The van der Waals surface area contributed by atoms with E-state index < -0.39 is 12.0 Å². The maximum Gasteiger partial charge on any atom is 0.372 e. The van der Waals surface area contributed by atoms with Crippen molar-refractivity contribution in [3.8, 4) is 0 Å². The number of aromatic carboxylic acids is 1. The van der Waals surface area contributed by atoms with Gasteiger partial charge in [0.2, 0.25) is 11.7 Å². The van der Waals surface area contributed by atoms with Gasteiger partial charge in [-0.2, -0.15) is 0 Å². The Bertz CT molecular complexity index is 448. The lowest BCUT2D eigenvalue weighted by atomic mass is 10.2. The van der Waals surface area contributed by atoms with Gasteiger partial charge >= 0.3 is 12.0 Å². The summed E-state index contributed by atoms with van der Waals surface area (Å²) in [5.41, 5.74) is 0.290. The number of imide groups is 1. The number of carbonyl (C=O) groups is 3. The third-order valence-corrected chi connectivity index (χ3v) is 2.21. The van der Waals surface area contributed by atoms with E-state index in [1.54, 1.807) is 0 Å². The fraction of sp³-hybridized carbons (Fsp3) is 0.222. The van der Waals surface area contributed by atoms with Gasteiger partial charge in [0.25, 0.3) is 0 Å². The van der Waals surface area contributed by atoms with Crippen LogP contribution < -0.4 is 5.32 Å². The molecule has 3 amide bonds. The number of nitrogens with one attached hydrogen (secondary N) is 1. The van der Waals surface area contributed by atoms with Crippen LogP contribution >= 0.6 is 0 Å². The van der Waals surface area contributed by atoms with Crippen LogP contribution in [0.1, 0.15) is 16.1 Å². The molecule has 0 aliphatic carbocycles. The third-order valence-electron chi connectivity index (χ3n) is 2.21. The normalized spacial score (nSPS) is 15.4. The Morgan fingerprint density at radius 2 is 2.31 bits per heavy atom. The zero-order valence-electron chi connectivity index (χ0n) is 8.10. The summed E-state index contributed by atoms with van der Waals surface area (Å²) in [5, 5.41) is 11.1. The topological polar surface area (TPSA) is 99.8 Å². The molecule has 2 rings (SSSR count). The van der Waals surface area contributed by atoms with Gasteiger partial charge in [-0.3, -0.25) is 9.69 Å². The molecule has 2 heterocycles. The molecule has 0 aromatic carbocycles. The van der Waals surface area contributed by atoms with Gasteiger partial charge < -0.3 is 14.8 Å². The van der Waals surface area contributed by atoms with E-state index in [1.165, 1.54) is 12.3 Å². The molecule has 1 aromatic rings. The Morgan fingerprint density at radius 3 is 2.88 bits per heavy atom. The number of nitrogens with zero attached hydrogens (tertiary/aromatic N) is 1. The maximum absolute atomic E-state index is 11.3. The van der Waals surface area contributed by atoms with Crippen molar-refractivity contribution in [2.24, 2.45) is 0 Å². The average Bonchev–Trinajstić information content (AvgIpc) is 2.80. The molecule has 84 valence electrons. The van der Waals surface area contributed by atoms with E-state index in [0.29, 0.717) is 0 Å². The molecule has 1 aliphatic rings. The van der Waals surface area contributed by atoms with E-state index >= 15 is 0 Å². The minimum atomic E-state index is -1.23. The van der Waals surface area contributed by atoms with Crippen LogP contribution in [0.2, 0.25) is 0 Å². The van der Waals surface area contributed by atoms with E-state index in [-0.39, 0.29) is 30.3 Å². The monoisotopic (exact) mass is 224 g/mol. The smallest absolute Gasteiger partial charge is 0.372 e. The number of carboxylic acid groups (broad SMARTS) is 1. The van der Waals surface area contributed by atoms with Gasteiger partial charge in [-0.15, -0.1) is 0 Å². The molecule has 0 radical (unpaired) electrons. The first kappa shape index (κ1) is 10.2. The van der Waals surface area contributed by atoms with Crippen molar-refractivity contribution in [1.82, 2.24) is 10.2 Å². The molecule has 0 spiro atoms. The molecule has 7 nitrogen and oxygen atoms in total. The number of amides is 3. The minimum Gasteiger partial charge on any atom is -0.475 e. The molecule has 0 atom stereocenters. The van der Waals surface area contributed by atoms with Crippen LogP contribution in [0.3, 0.4) is 0 Å². The zero-order valence-corrected chi connectivity index (χ0v) is 8.10. The van der Waals surface area contributed by atoms with Crippen LogP contribution in [0.4, 0.5) is 4.79 Å². The fourth-order valence-corrected chi connectivity index (χ4v) is 1.43. The van der Waals surface area contributed by atoms with Crippen molar-refractivity contribution in [2.75, 3.05) is 6.54 Å². The molecular formula is C9H8N2O5. The largest absolute Gasteiger partial charge is 0.475 e. The molecular weight excluding hydrogens is 216 g/mol. The zero-order chi connectivity index (χ0) is 11.7. The summed E-state index contributed by atoms with van der Waals surface area (Å²) in [4.78, 5) is 34.1. The van der Waals surface area contributed by atoms with E-state index in [1.807, 2.05) is 0 Å². The second kappa shape index (κ2) is 3.69. The maximum atomic E-state index is 11.3. The number of hydrogen-bond acceptors (Lipinski definition) is 4. The molecule has 2 N–H and O–H groups in total. The van der Waals surface area contributed by atoms with Gasteiger partial charge in [-0.1, -0.05) is 0 Å². The Kier molecular flexibility index (Phi) is 2.35. The van der Waals surface area contributed by atoms with E-state index in [4.69, 9.17) is 9.52 Å². The lowest BCUT2D eigenvalue weighted by molar-refractivity contribution is -0.125. The van der Waals surface area contributed by atoms with E-state index in [9.17, 15) is 14.4 Å². The number of rotatable bonds is 3. The molecule has 1 aliphatic heterocycles. The average molecular weight is 224 g/mol. The van der Waals surface area contributed by atoms with Crippen LogP contribution in [0.5, 0.6) is 0 Å². The van der Waals surface area contributed by atoms with Gasteiger partial charge in [0, 0.05) is 5.56 Å². The number of urea groups is 1. The van der Waals surface area contributed by atoms with Gasteiger partial charge in [-0.05, 0) is 6.07 Å². The molecule has 1 aromatic heterocycles. The van der Waals surface area contributed by atoms with Crippen LogP contribution in [0.15, 0.2) is 16.7 Å². The SMILES string of the molecule is O=C(O)c1occc1CN1C(=O)CNC1=O. The summed E-state index contributed by atoms with van der Waals surface area (Å²) < 4.78 is 4.74. The summed E-state index contributed by atoms with van der Waals surface area (Å²) >= 11 is 0. The molecule has 0 saturated carbocycles. The van der Waals surface area contributed by atoms with Gasteiger partial charge in [0.1, 0.15) is 0 Å². The van der Waals surface area contributed by atoms with Crippen LogP contribution in [0, 0.1) is 0 Å². The quantitative estimate of drug-likeness (QED) is 0.705. The van der Waals surface area contributed by atoms with Crippen molar-refractivity contribution in [3.63, 3.8) is 0 Å². The first-order chi connectivity index (χ1) is 7.59. The number of carboxylic acids is 1. The first-order valence-electron chi connectivity index (χ1n) is 4.47. The minimum absolute atomic E-state index is 0.0565. The molecule has 16 heavy (non-hydrogen) atoms. The Morgan fingerprint density at radius 1 is 1.56 bits per heavy atom. The van der Waals surface area contributed by atoms with Crippen LogP contribution in [0.25, 0.3) is 0 Å². The van der Waals surface area contributed by atoms with Gasteiger partial charge in [0.15, 0.2) is 0 Å². The Labute approximate surface area is 89.6 Å². The van der Waals surface area contributed by atoms with Crippen LogP contribution in [-0.2, 0) is 11.3 Å². The molecule has 1 fully saturated rings. The van der Waals surface area contributed by atoms with Crippen molar-refractivity contribution >= 4 is 17.9 Å². The molecule has 0 unspecified atom stereocenters. The first-order valence-corrected chi connectivity index (χ1v) is 4.47. The highest BCUT2D eigenvalue weighted by molar-refractivity contribution is 6.02. The van der Waals surface area contributed by atoms with Gasteiger partial charge in [-0.25, -0.2) is 9.59 Å². The lowest BCUT2D eigenvalue weighted by Gasteiger charge is -2.10. The summed E-state index contributed by atoms with van der Waals surface area (Å²) in [5.74, 6) is -1.87. The second-order valence-electron chi connectivity index (χ2n) is 3.22.